The van der Waals surface area contributed by atoms with E-state index in [2.05, 4.69) is 36.4 Å². The summed E-state index contributed by atoms with van der Waals surface area (Å²) in [7, 11) is 0. The van der Waals surface area contributed by atoms with Crippen LogP contribution in [0.2, 0.25) is 0 Å². The normalized spacial score (nSPS) is 25.5. The maximum absolute atomic E-state index is 2.48. The van der Waals surface area contributed by atoms with Crippen molar-refractivity contribution in [3.63, 3.8) is 0 Å². The summed E-state index contributed by atoms with van der Waals surface area (Å²) < 4.78 is 0. The highest BCUT2D eigenvalue weighted by Gasteiger charge is 2.38. The van der Waals surface area contributed by atoms with Gasteiger partial charge in [-0.15, -0.1) is 0 Å². The van der Waals surface area contributed by atoms with Crippen molar-refractivity contribution in [1.29, 1.82) is 0 Å². The molecule has 2 fully saturated rings. The van der Waals surface area contributed by atoms with Gasteiger partial charge in [0.15, 0.2) is 0 Å². The van der Waals surface area contributed by atoms with Crippen LogP contribution >= 0.6 is 0 Å². The van der Waals surface area contributed by atoms with Gasteiger partial charge in [-0.25, -0.2) is 0 Å². The number of hydrogen-bond acceptors (Lipinski definition) is 0. The molecule has 1 aromatic rings. The second-order valence-corrected chi connectivity index (χ2v) is 5.77. The lowest BCUT2D eigenvalue weighted by atomic mass is 9.70. The molecule has 0 aromatic heterocycles. The van der Waals surface area contributed by atoms with Gasteiger partial charge in [-0.1, -0.05) is 61.2 Å². The SMILES string of the molecule is C(=C1CCCC12CCCCC2)c1ccccc1. The van der Waals surface area contributed by atoms with Crippen LogP contribution in [0.5, 0.6) is 0 Å². The summed E-state index contributed by atoms with van der Waals surface area (Å²) in [5.41, 5.74) is 3.76. The quantitative estimate of drug-likeness (QED) is 0.617. The molecule has 0 aliphatic heterocycles. The maximum atomic E-state index is 2.48. The van der Waals surface area contributed by atoms with Gasteiger partial charge in [0, 0.05) is 0 Å². The van der Waals surface area contributed by atoms with Crippen molar-refractivity contribution in [2.24, 2.45) is 5.41 Å². The van der Waals surface area contributed by atoms with E-state index in [1.165, 1.54) is 56.9 Å². The van der Waals surface area contributed by atoms with Gasteiger partial charge in [0.2, 0.25) is 0 Å². The average molecular weight is 226 g/mol. The van der Waals surface area contributed by atoms with Crippen molar-refractivity contribution in [3.8, 4) is 0 Å². The van der Waals surface area contributed by atoms with Gasteiger partial charge >= 0.3 is 0 Å². The first kappa shape index (κ1) is 11.1. The lowest BCUT2D eigenvalue weighted by molar-refractivity contribution is 0.248. The Labute approximate surface area is 105 Å². The first-order chi connectivity index (χ1) is 8.39. The van der Waals surface area contributed by atoms with Crippen molar-refractivity contribution in [2.45, 2.75) is 51.4 Å². The van der Waals surface area contributed by atoms with E-state index < -0.39 is 0 Å². The maximum Gasteiger partial charge on any atom is -0.00846 e. The topological polar surface area (TPSA) is 0 Å². The van der Waals surface area contributed by atoms with Crippen LogP contribution in [0.3, 0.4) is 0 Å². The monoisotopic (exact) mass is 226 g/mol. The summed E-state index contributed by atoms with van der Waals surface area (Å²) >= 11 is 0. The van der Waals surface area contributed by atoms with Crippen molar-refractivity contribution < 1.29 is 0 Å². The number of benzene rings is 1. The second kappa shape index (κ2) is 4.68. The summed E-state index contributed by atoms with van der Waals surface area (Å²) in [6.07, 6.45) is 14.0. The predicted octanol–water partition coefficient (Wildman–Crippen LogP) is 5.20. The Bertz CT molecular complexity index is 393. The Morgan fingerprint density at radius 1 is 0.824 bits per heavy atom. The largest absolute Gasteiger partial charge is 0.0634 e. The summed E-state index contributed by atoms with van der Waals surface area (Å²) in [5, 5.41) is 0. The summed E-state index contributed by atoms with van der Waals surface area (Å²) in [5.74, 6) is 0. The minimum Gasteiger partial charge on any atom is -0.0634 e. The van der Waals surface area contributed by atoms with E-state index in [4.69, 9.17) is 0 Å². The van der Waals surface area contributed by atoms with E-state index in [1.54, 1.807) is 5.57 Å². The van der Waals surface area contributed by atoms with Crippen molar-refractivity contribution in [3.05, 3.63) is 41.5 Å². The fourth-order valence-corrected chi connectivity index (χ4v) is 3.82. The first-order valence-corrected chi connectivity index (χ1v) is 7.15. The van der Waals surface area contributed by atoms with Crippen molar-refractivity contribution in [1.82, 2.24) is 0 Å². The van der Waals surface area contributed by atoms with E-state index in [0.29, 0.717) is 5.41 Å². The van der Waals surface area contributed by atoms with Crippen molar-refractivity contribution in [2.75, 3.05) is 0 Å². The van der Waals surface area contributed by atoms with Crippen LogP contribution in [0.15, 0.2) is 35.9 Å². The summed E-state index contributed by atoms with van der Waals surface area (Å²) in [4.78, 5) is 0. The zero-order chi connectivity index (χ0) is 11.6. The van der Waals surface area contributed by atoms with Crippen LogP contribution in [0.4, 0.5) is 0 Å². The minimum atomic E-state index is 0.605. The second-order valence-electron chi connectivity index (χ2n) is 5.77. The molecule has 0 amide bonds. The van der Waals surface area contributed by atoms with Gasteiger partial charge < -0.3 is 0 Å². The molecule has 90 valence electrons. The van der Waals surface area contributed by atoms with Crippen LogP contribution in [0, 0.1) is 5.41 Å². The van der Waals surface area contributed by atoms with E-state index in [0.717, 1.165) is 0 Å². The zero-order valence-corrected chi connectivity index (χ0v) is 10.6. The third kappa shape index (κ3) is 2.18. The third-order valence-corrected chi connectivity index (χ3v) is 4.73. The van der Waals surface area contributed by atoms with Crippen LogP contribution in [0.1, 0.15) is 56.9 Å². The van der Waals surface area contributed by atoms with Gasteiger partial charge in [-0.3, -0.25) is 0 Å². The van der Waals surface area contributed by atoms with Gasteiger partial charge in [0.1, 0.15) is 0 Å². The average Bonchev–Trinajstić information content (AvgIpc) is 2.74. The summed E-state index contributed by atoms with van der Waals surface area (Å²) in [6, 6.07) is 10.9. The molecule has 0 unspecified atom stereocenters. The van der Waals surface area contributed by atoms with Crippen molar-refractivity contribution >= 4 is 6.08 Å². The van der Waals surface area contributed by atoms with Gasteiger partial charge in [-0.2, -0.15) is 0 Å². The lowest BCUT2D eigenvalue weighted by Crippen LogP contribution is -2.21. The predicted molar refractivity (Wildman–Crippen MR) is 73.8 cm³/mol. The molecule has 17 heavy (non-hydrogen) atoms. The molecular weight excluding hydrogens is 204 g/mol. The van der Waals surface area contributed by atoms with Crippen LogP contribution < -0.4 is 0 Å². The highest BCUT2D eigenvalue weighted by molar-refractivity contribution is 5.55. The Morgan fingerprint density at radius 3 is 2.29 bits per heavy atom. The molecule has 3 rings (SSSR count). The van der Waals surface area contributed by atoms with Crippen LogP contribution in [-0.2, 0) is 0 Å². The fourth-order valence-electron chi connectivity index (χ4n) is 3.82. The molecule has 0 radical (unpaired) electrons. The molecular formula is C17H22. The Kier molecular flexibility index (Phi) is 3.05. The smallest absolute Gasteiger partial charge is 0.00846 e. The Morgan fingerprint density at radius 2 is 1.53 bits per heavy atom. The number of hydrogen-bond donors (Lipinski definition) is 0. The molecule has 1 aromatic carbocycles. The zero-order valence-electron chi connectivity index (χ0n) is 10.6. The molecule has 2 saturated carbocycles. The molecule has 0 heterocycles. The molecule has 0 N–H and O–H groups in total. The Balaban J connectivity index is 1.88. The van der Waals surface area contributed by atoms with Gasteiger partial charge in [0.05, 0.1) is 0 Å². The van der Waals surface area contributed by atoms with E-state index in [9.17, 15) is 0 Å². The molecule has 2 aliphatic rings. The number of rotatable bonds is 1. The first-order valence-electron chi connectivity index (χ1n) is 7.15. The van der Waals surface area contributed by atoms with E-state index in [-0.39, 0.29) is 0 Å². The third-order valence-electron chi connectivity index (χ3n) is 4.73. The molecule has 0 atom stereocenters. The highest BCUT2D eigenvalue weighted by atomic mass is 14.4. The van der Waals surface area contributed by atoms with Gasteiger partial charge in [0.25, 0.3) is 0 Å². The van der Waals surface area contributed by atoms with Crippen LogP contribution in [0.25, 0.3) is 6.08 Å². The molecule has 0 saturated heterocycles. The molecule has 2 aliphatic carbocycles. The Hall–Kier alpha value is -1.04. The van der Waals surface area contributed by atoms with Crippen LogP contribution in [-0.4, -0.2) is 0 Å². The van der Waals surface area contributed by atoms with E-state index in [1.807, 2.05) is 0 Å². The highest BCUT2D eigenvalue weighted by Crippen LogP contribution is 2.52. The van der Waals surface area contributed by atoms with Gasteiger partial charge in [-0.05, 0) is 43.1 Å². The molecule has 0 heteroatoms. The van der Waals surface area contributed by atoms with E-state index >= 15 is 0 Å². The fraction of sp³-hybridized carbons (Fsp3) is 0.529. The number of allylic oxidation sites excluding steroid dienone is 1. The summed E-state index contributed by atoms with van der Waals surface area (Å²) in [6.45, 7) is 0. The molecule has 0 nitrogen and oxygen atoms in total. The minimum absolute atomic E-state index is 0.605. The lowest BCUT2D eigenvalue weighted by Gasteiger charge is -2.35. The standard InChI is InChI=1S/C17H22/c1-3-8-15(9-4-1)14-16-10-7-13-17(16)11-5-2-6-12-17/h1,3-4,8-9,14H,2,5-7,10-13H2. The molecule has 1 spiro atoms. The molecule has 0 bridgehead atoms.